The molecule has 2 N–H and O–H groups in total. The summed E-state index contributed by atoms with van der Waals surface area (Å²) in [4.78, 5) is 30.5. The Morgan fingerprint density at radius 2 is 2.23 bits per heavy atom. The largest absolute Gasteiger partial charge is 0.481 e. The number of hydrogen-bond donors (Lipinski definition) is 2. The zero-order valence-electron chi connectivity index (χ0n) is 12.0. The van der Waals surface area contributed by atoms with Gasteiger partial charge < -0.3 is 14.9 Å². The molecule has 2 aromatic heterocycles. The molecule has 2 rings (SSSR count). The lowest BCUT2D eigenvalue weighted by Crippen LogP contribution is -2.31. The first kappa shape index (κ1) is 15.6. The van der Waals surface area contributed by atoms with Crippen LogP contribution in [0.4, 0.5) is 0 Å². The molecule has 0 aromatic carbocycles. The Labute approximate surface area is 126 Å². The van der Waals surface area contributed by atoms with Crippen molar-refractivity contribution in [1.82, 2.24) is 20.4 Å². The van der Waals surface area contributed by atoms with Gasteiger partial charge in [0.05, 0.1) is 5.92 Å². The van der Waals surface area contributed by atoms with Gasteiger partial charge in [-0.15, -0.1) is 0 Å². The second-order valence-corrected chi connectivity index (χ2v) is 4.77. The molecule has 0 radical (unpaired) electrons. The van der Waals surface area contributed by atoms with E-state index in [-0.39, 0.29) is 25.3 Å². The van der Waals surface area contributed by atoms with Crippen LogP contribution in [0, 0.1) is 5.92 Å². The molecule has 0 spiro atoms. The van der Waals surface area contributed by atoms with Crippen LogP contribution >= 0.6 is 0 Å². The maximum absolute atomic E-state index is 11.6. The van der Waals surface area contributed by atoms with Crippen LogP contribution in [-0.4, -0.2) is 38.7 Å². The number of pyridine rings is 1. The molecule has 8 nitrogen and oxygen atoms in total. The third-order valence-electron chi connectivity index (χ3n) is 2.95. The van der Waals surface area contributed by atoms with Crippen LogP contribution in [0.3, 0.4) is 0 Å². The van der Waals surface area contributed by atoms with Gasteiger partial charge in [0.2, 0.25) is 17.6 Å². The van der Waals surface area contributed by atoms with Crippen molar-refractivity contribution in [3.8, 4) is 11.5 Å². The van der Waals surface area contributed by atoms with E-state index in [1.54, 1.807) is 18.3 Å². The van der Waals surface area contributed by atoms with Crippen molar-refractivity contribution < 1.29 is 19.2 Å². The third kappa shape index (κ3) is 4.37. The number of aromatic nitrogens is 3. The molecular weight excluding hydrogens is 288 g/mol. The van der Waals surface area contributed by atoms with Crippen molar-refractivity contribution in [2.45, 2.75) is 19.8 Å². The van der Waals surface area contributed by atoms with Crippen molar-refractivity contribution in [3.63, 3.8) is 0 Å². The molecule has 0 bridgehead atoms. The molecule has 22 heavy (non-hydrogen) atoms. The van der Waals surface area contributed by atoms with Crippen molar-refractivity contribution in [1.29, 1.82) is 0 Å². The topological polar surface area (TPSA) is 118 Å². The Balaban J connectivity index is 1.81. The monoisotopic (exact) mass is 304 g/mol. The zero-order valence-corrected chi connectivity index (χ0v) is 12.0. The molecule has 1 amide bonds. The van der Waals surface area contributed by atoms with Gasteiger partial charge >= 0.3 is 5.97 Å². The van der Waals surface area contributed by atoms with E-state index < -0.39 is 11.9 Å². The summed E-state index contributed by atoms with van der Waals surface area (Å²) in [6.45, 7) is 1.62. The first-order chi connectivity index (χ1) is 10.6. The standard InChI is InChI=1S/C14H16N4O4/c1-9(14(20)21)8-16-11(19)5-6-12-17-13(18-22-12)10-4-2-3-7-15-10/h2-4,7,9H,5-6,8H2,1H3,(H,16,19)(H,20,21). The number of nitrogens with zero attached hydrogens (tertiary/aromatic N) is 3. The average molecular weight is 304 g/mol. The van der Waals surface area contributed by atoms with Crippen molar-refractivity contribution in [3.05, 3.63) is 30.3 Å². The summed E-state index contributed by atoms with van der Waals surface area (Å²) < 4.78 is 5.06. The molecule has 0 fully saturated rings. The van der Waals surface area contributed by atoms with Gasteiger partial charge in [-0.2, -0.15) is 4.98 Å². The summed E-state index contributed by atoms with van der Waals surface area (Å²) in [5.74, 6) is -1.12. The highest BCUT2D eigenvalue weighted by Gasteiger charge is 2.14. The molecule has 0 aliphatic carbocycles. The fourth-order valence-electron chi connectivity index (χ4n) is 1.62. The van der Waals surface area contributed by atoms with Crippen molar-refractivity contribution in [2.24, 2.45) is 5.92 Å². The second kappa shape index (κ2) is 7.30. The molecule has 1 atom stereocenters. The van der Waals surface area contributed by atoms with E-state index in [0.717, 1.165) is 0 Å². The van der Waals surface area contributed by atoms with Crippen LogP contribution in [0.5, 0.6) is 0 Å². The quantitative estimate of drug-likeness (QED) is 0.780. The maximum Gasteiger partial charge on any atom is 0.308 e. The van der Waals surface area contributed by atoms with Gasteiger partial charge in [-0.1, -0.05) is 18.1 Å². The normalized spacial score (nSPS) is 11.9. The van der Waals surface area contributed by atoms with Crippen LogP contribution < -0.4 is 5.32 Å². The minimum atomic E-state index is -0.947. The number of carboxylic acids is 1. The summed E-state index contributed by atoms with van der Waals surface area (Å²) in [6, 6.07) is 5.36. The van der Waals surface area contributed by atoms with Gasteiger partial charge in [-0.3, -0.25) is 14.6 Å². The summed E-state index contributed by atoms with van der Waals surface area (Å²) in [5.41, 5.74) is 0.595. The Hall–Kier alpha value is -2.77. The first-order valence-corrected chi connectivity index (χ1v) is 6.79. The van der Waals surface area contributed by atoms with E-state index in [2.05, 4.69) is 20.4 Å². The lowest BCUT2D eigenvalue weighted by atomic mass is 10.2. The minimum absolute atomic E-state index is 0.0944. The summed E-state index contributed by atoms with van der Waals surface area (Å²) in [6.07, 6.45) is 2.06. The molecule has 1 unspecified atom stereocenters. The SMILES string of the molecule is CC(CNC(=O)CCc1nc(-c2ccccn2)no1)C(=O)O. The first-order valence-electron chi connectivity index (χ1n) is 6.79. The van der Waals surface area contributed by atoms with E-state index in [1.165, 1.54) is 6.92 Å². The Bertz CT molecular complexity index is 641. The van der Waals surface area contributed by atoms with Crippen LogP contribution in [-0.2, 0) is 16.0 Å². The second-order valence-electron chi connectivity index (χ2n) is 4.77. The number of rotatable bonds is 7. The molecular formula is C14H16N4O4. The number of nitrogens with one attached hydrogen (secondary N) is 1. The molecule has 2 aromatic rings. The predicted octanol–water partition coefficient (Wildman–Crippen LogP) is 0.901. The lowest BCUT2D eigenvalue weighted by Gasteiger charge is -2.07. The number of carbonyl (C=O) groups is 2. The number of aryl methyl sites for hydroxylation is 1. The fourth-order valence-corrected chi connectivity index (χ4v) is 1.62. The molecule has 0 saturated heterocycles. The molecule has 0 saturated carbocycles. The van der Waals surface area contributed by atoms with E-state index in [1.807, 2.05) is 6.07 Å². The van der Waals surface area contributed by atoms with E-state index in [9.17, 15) is 9.59 Å². The van der Waals surface area contributed by atoms with Gasteiger partial charge in [0.25, 0.3) is 0 Å². The summed E-state index contributed by atoms with van der Waals surface area (Å²) >= 11 is 0. The number of carboxylic acid groups (broad SMARTS) is 1. The number of aliphatic carboxylic acids is 1. The van der Waals surface area contributed by atoms with Gasteiger partial charge in [0.1, 0.15) is 5.69 Å². The van der Waals surface area contributed by atoms with Gasteiger partial charge in [-0.05, 0) is 12.1 Å². The van der Waals surface area contributed by atoms with Crippen LogP contribution in [0.15, 0.2) is 28.9 Å². The van der Waals surface area contributed by atoms with Crippen molar-refractivity contribution in [2.75, 3.05) is 6.54 Å². The molecule has 2 heterocycles. The Morgan fingerprint density at radius 1 is 1.41 bits per heavy atom. The molecule has 0 aliphatic rings. The molecule has 0 aliphatic heterocycles. The van der Waals surface area contributed by atoms with Crippen molar-refractivity contribution >= 4 is 11.9 Å². The zero-order chi connectivity index (χ0) is 15.9. The summed E-state index contributed by atoms with van der Waals surface area (Å²) in [7, 11) is 0. The Morgan fingerprint density at radius 3 is 2.91 bits per heavy atom. The highest BCUT2D eigenvalue weighted by atomic mass is 16.5. The molecule has 116 valence electrons. The number of amides is 1. The average Bonchev–Trinajstić information content (AvgIpc) is 3.00. The predicted molar refractivity (Wildman–Crippen MR) is 75.7 cm³/mol. The van der Waals surface area contributed by atoms with E-state index in [0.29, 0.717) is 17.4 Å². The number of hydrogen-bond acceptors (Lipinski definition) is 6. The fraction of sp³-hybridized carbons (Fsp3) is 0.357. The third-order valence-corrected chi connectivity index (χ3v) is 2.95. The molecule has 8 heteroatoms. The summed E-state index contributed by atoms with van der Waals surface area (Å²) in [5, 5.41) is 15.1. The lowest BCUT2D eigenvalue weighted by molar-refractivity contribution is -0.141. The van der Waals surface area contributed by atoms with Crippen LogP contribution in [0.25, 0.3) is 11.5 Å². The van der Waals surface area contributed by atoms with Crippen LogP contribution in [0.1, 0.15) is 19.2 Å². The smallest absolute Gasteiger partial charge is 0.308 e. The highest BCUT2D eigenvalue weighted by molar-refractivity contribution is 5.77. The minimum Gasteiger partial charge on any atom is -0.481 e. The number of carbonyl (C=O) groups excluding carboxylic acids is 1. The van der Waals surface area contributed by atoms with Gasteiger partial charge in [0, 0.05) is 25.6 Å². The van der Waals surface area contributed by atoms with E-state index >= 15 is 0 Å². The van der Waals surface area contributed by atoms with Crippen LogP contribution in [0.2, 0.25) is 0 Å². The Kier molecular flexibility index (Phi) is 5.18. The highest BCUT2D eigenvalue weighted by Crippen LogP contribution is 2.12. The van der Waals surface area contributed by atoms with Gasteiger partial charge in [0.15, 0.2) is 0 Å². The van der Waals surface area contributed by atoms with E-state index in [4.69, 9.17) is 9.63 Å². The van der Waals surface area contributed by atoms with Gasteiger partial charge in [-0.25, -0.2) is 0 Å². The maximum atomic E-state index is 11.6.